The van der Waals surface area contributed by atoms with Crippen LogP contribution in [0.4, 0.5) is 0 Å². The number of thiophene rings is 2. The molecule has 0 spiro atoms. The molecule has 0 unspecified atom stereocenters. The van der Waals surface area contributed by atoms with Gasteiger partial charge in [0.2, 0.25) is 0 Å². The van der Waals surface area contributed by atoms with E-state index in [0.29, 0.717) is 0 Å². The second-order valence-electron chi connectivity index (χ2n) is 2.91. The fourth-order valence-electron chi connectivity index (χ4n) is 1.22. The summed E-state index contributed by atoms with van der Waals surface area (Å²) in [7, 11) is 0. The number of rotatable bonds is 3. The third-order valence-corrected chi connectivity index (χ3v) is 4.46. The molecule has 2 aromatic heterocycles. The maximum Gasteiger partial charge on any atom is 0.0931 e. The van der Waals surface area contributed by atoms with Crippen LogP contribution < -0.4 is 0 Å². The summed E-state index contributed by atoms with van der Waals surface area (Å²) in [6.45, 7) is 0. The maximum atomic E-state index is 5.85. The van der Waals surface area contributed by atoms with E-state index in [1.165, 1.54) is 9.75 Å². The maximum absolute atomic E-state index is 5.85. The van der Waals surface area contributed by atoms with Gasteiger partial charge >= 0.3 is 0 Å². The molecular formula is C10H8Cl2S2. The zero-order valence-electron chi connectivity index (χ0n) is 7.30. The SMILES string of the molecule is Clc1ccc(CCc2ccc(Cl)s2)s1. The lowest BCUT2D eigenvalue weighted by atomic mass is 10.2. The van der Waals surface area contributed by atoms with Crippen LogP contribution in [0, 0.1) is 0 Å². The number of hydrogen-bond donors (Lipinski definition) is 0. The van der Waals surface area contributed by atoms with Gasteiger partial charge in [-0.05, 0) is 37.1 Å². The van der Waals surface area contributed by atoms with Gasteiger partial charge in [0.25, 0.3) is 0 Å². The summed E-state index contributed by atoms with van der Waals surface area (Å²) in [5.41, 5.74) is 0. The van der Waals surface area contributed by atoms with Crippen LogP contribution in [0.2, 0.25) is 8.67 Å². The van der Waals surface area contributed by atoms with Crippen molar-refractivity contribution < 1.29 is 0 Å². The van der Waals surface area contributed by atoms with E-state index >= 15 is 0 Å². The minimum atomic E-state index is 0.865. The van der Waals surface area contributed by atoms with Crippen LogP contribution in [0.5, 0.6) is 0 Å². The molecule has 0 saturated heterocycles. The van der Waals surface area contributed by atoms with Crippen LogP contribution in [0.15, 0.2) is 24.3 Å². The van der Waals surface area contributed by atoms with Gasteiger partial charge in [-0.25, -0.2) is 0 Å². The molecule has 0 amide bonds. The predicted molar refractivity (Wildman–Crippen MR) is 66.1 cm³/mol. The zero-order valence-corrected chi connectivity index (χ0v) is 10.4. The van der Waals surface area contributed by atoms with E-state index in [1.807, 2.05) is 12.1 Å². The lowest BCUT2D eigenvalue weighted by Crippen LogP contribution is -1.83. The van der Waals surface area contributed by atoms with Crippen LogP contribution >= 0.6 is 45.9 Å². The van der Waals surface area contributed by atoms with E-state index in [1.54, 1.807) is 22.7 Å². The molecule has 0 bridgehead atoms. The molecule has 0 aliphatic rings. The topological polar surface area (TPSA) is 0 Å². The molecule has 0 saturated carbocycles. The van der Waals surface area contributed by atoms with Gasteiger partial charge in [0.1, 0.15) is 0 Å². The summed E-state index contributed by atoms with van der Waals surface area (Å²) in [5, 5.41) is 0. The normalized spacial score (nSPS) is 10.7. The van der Waals surface area contributed by atoms with E-state index in [-0.39, 0.29) is 0 Å². The van der Waals surface area contributed by atoms with Crippen LogP contribution in [0.25, 0.3) is 0 Å². The molecule has 14 heavy (non-hydrogen) atoms. The van der Waals surface area contributed by atoms with Crippen molar-refractivity contribution in [2.45, 2.75) is 12.8 Å². The first-order valence-corrected chi connectivity index (χ1v) is 6.61. The van der Waals surface area contributed by atoms with Crippen LogP contribution in [-0.2, 0) is 12.8 Å². The Morgan fingerprint density at radius 2 is 1.21 bits per heavy atom. The molecule has 0 aromatic carbocycles. The largest absolute Gasteiger partial charge is 0.128 e. The molecule has 0 N–H and O–H groups in total. The van der Waals surface area contributed by atoms with Crippen molar-refractivity contribution >= 4 is 45.9 Å². The molecule has 0 nitrogen and oxygen atoms in total. The summed E-state index contributed by atoms with van der Waals surface area (Å²) in [6.07, 6.45) is 2.10. The Hall–Kier alpha value is -0.0200. The van der Waals surface area contributed by atoms with E-state index in [2.05, 4.69) is 12.1 Å². The van der Waals surface area contributed by atoms with Crippen LogP contribution in [-0.4, -0.2) is 0 Å². The van der Waals surface area contributed by atoms with Crippen molar-refractivity contribution in [2.75, 3.05) is 0 Å². The molecule has 0 atom stereocenters. The Kier molecular flexibility index (Phi) is 3.50. The van der Waals surface area contributed by atoms with Gasteiger partial charge in [-0.3, -0.25) is 0 Å². The monoisotopic (exact) mass is 262 g/mol. The Balaban J connectivity index is 1.94. The molecule has 2 rings (SSSR count). The molecule has 0 fully saturated rings. The fraction of sp³-hybridized carbons (Fsp3) is 0.200. The van der Waals surface area contributed by atoms with E-state index in [9.17, 15) is 0 Å². The van der Waals surface area contributed by atoms with Crippen molar-refractivity contribution in [1.29, 1.82) is 0 Å². The molecule has 0 aliphatic carbocycles. The Morgan fingerprint density at radius 3 is 1.50 bits per heavy atom. The molecule has 2 heterocycles. The van der Waals surface area contributed by atoms with Crippen molar-refractivity contribution in [3.05, 3.63) is 42.7 Å². The molecule has 0 aliphatic heterocycles. The summed E-state index contributed by atoms with van der Waals surface area (Å²) in [6, 6.07) is 8.07. The van der Waals surface area contributed by atoms with Gasteiger partial charge in [-0.1, -0.05) is 23.2 Å². The molecule has 2 aromatic rings. The smallest absolute Gasteiger partial charge is 0.0931 e. The van der Waals surface area contributed by atoms with Crippen molar-refractivity contribution in [3.8, 4) is 0 Å². The third kappa shape index (κ3) is 2.74. The van der Waals surface area contributed by atoms with Crippen LogP contribution in [0.1, 0.15) is 9.75 Å². The number of hydrogen-bond acceptors (Lipinski definition) is 2. The van der Waals surface area contributed by atoms with Crippen molar-refractivity contribution in [2.24, 2.45) is 0 Å². The van der Waals surface area contributed by atoms with Crippen LogP contribution in [0.3, 0.4) is 0 Å². The molecule has 74 valence electrons. The molecule has 0 radical (unpaired) electrons. The highest BCUT2D eigenvalue weighted by Gasteiger charge is 2.01. The highest BCUT2D eigenvalue weighted by molar-refractivity contribution is 7.16. The first-order valence-electron chi connectivity index (χ1n) is 4.22. The van der Waals surface area contributed by atoms with Gasteiger partial charge in [0.05, 0.1) is 8.67 Å². The zero-order chi connectivity index (χ0) is 9.97. The lowest BCUT2D eigenvalue weighted by Gasteiger charge is -1.93. The highest BCUT2D eigenvalue weighted by atomic mass is 35.5. The van der Waals surface area contributed by atoms with E-state index in [0.717, 1.165) is 21.5 Å². The fourth-order valence-corrected chi connectivity index (χ4v) is 3.39. The Bertz CT molecular complexity index is 377. The average Bonchev–Trinajstić information content (AvgIpc) is 2.72. The highest BCUT2D eigenvalue weighted by Crippen LogP contribution is 2.26. The van der Waals surface area contributed by atoms with Gasteiger partial charge in [-0.15, -0.1) is 22.7 Å². The minimum absolute atomic E-state index is 0.865. The second kappa shape index (κ2) is 4.67. The summed E-state index contributed by atoms with van der Waals surface area (Å²) < 4.78 is 1.73. The quantitative estimate of drug-likeness (QED) is 0.738. The summed E-state index contributed by atoms with van der Waals surface area (Å²) >= 11 is 15.0. The Morgan fingerprint density at radius 1 is 0.786 bits per heavy atom. The van der Waals surface area contributed by atoms with Gasteiger partial charge < -0.3 is 0 Å². The first kappa shape index (κ1) is 10.5. The van der Waals surface area contributed by atoms with Gasteiger partial charge in [0, 0.05) is 9.75 Å². The number of aryl methyl sites for hydroxylation is 2. The number of halogens is 2. The van der Waals surface area contributed by atoms with Gasteiger partial charge in [-0.2, -0.15) is 0 Å². The van der Waals surface area contributed by atoms with Crippen molar-refractivity contribution in [3.63, 3.8) is 0 Å². The van der Waals surface area contributed by atoms with E-state index < -0.39 is 0 Å². The lowest BCUT2D eigenvalue weighted by molar-refractivity contribution is 1.00. The van der Waals surface area contributed by atoms with Crippen molar-refractivity contribution in [1.82, 2.24) is 0 Å². The van der Waals surface area contributed by atoms with Gasteiger partial charge in [0.15, 0.2) is 0 Å². The molecule has 4 heteroatoms. The third-order valence-electron chi connectivity index (χ3n) is 1.88. The average molecular weight is 263 g/mol. The minimum Gasteiger partial charge on any atom is -0.128 e. The van der Waals surface area contributed by atoms with E-state index in [4.69, 9.17) is 23.2 Å². The summed E-state index contributed by atoms with van der Waals surface area (Å²) in [4.78, 5) is 2.67. The second-order valence-corrected chi connectivity index (χ2v) is 6.51. The predicted octanol–water partition coefficient (Wildman–Crippen LogP) is 4.90. The standard InChI is InChI=1S/C10H8Cl2S2/c11-9-5-3-7(13-9)1-2-8-4-6-10(12)14-8/h3-6H,1-2H2. The summed E-state index contributed by atoms with van der Waals surface area (Å²) in [5.74, 6) is 0. The Labute approximate surface area is 101 Å². The first-order chi connectivity index (χ1) is 6.74. The molecular weight excluding hydrogens is 255 g/mol.